The standard InChI is InChI=1S/C14H20N2O2/c1-10-3-6-13(12(9-10)14(17)18)15-7-8-16(2)11-4-5-11/h3,6,9,11,15H,4-5,7-8H2,1-2H3,(H,17,18). The van der Waals surface area contributed by atoms with Gasteiger partial charge in [-0.3, -0.25) is 0 Å². The Bertz CT molecular complexity index is 441. The highest BCUT2D eigenvalue weighted by Crippen LogP contribution is 2.25. The molecule has 18 heavy (non-hydrogen) atoms. The average molecular weight is 248 g/mol. The van der Waals surface area contributed by atoms with E-state index in [-0.39, 0.29) is 0 Å². The summed E-state index contributed by atoms with van der Waals surface area (Å²) in [5.74, 6) is -0.878. The van der Waals surface area contributed by atoms with E-state index in [4.69, 9.17) is 5.11 Å². The molecule has 0 radical (unpaired) electrons. The normalized spacial score (nSPS) is 14.8. The molecule has 1 fully saturated rings. The monoisotopic (exact) mass is 248 g/mol. The molecule has 1 aromatic rings. The van der Waals surface area contributed by atoms with Crippen LogP contribution in [0.15, 0.2) is 18.2 Å². The number of hydrogen-bond acceptors (Lipinski definition) is 3. The van der Waals surface area contributed by atoms with Gasteiger partial charge >= 0.3 is 5.97 Å². The number of nitrogens with zero attached hydrogens (tertiary/aromatic N) is 1. The predicted octanol–water partition coefficient (Wildman–Crippen LogP) is 2.20. The number of hydrogen-bond donors (Lipinski definition) is 2. The third-order valence-corrected chi connectivity index (χ3v) is 3.36. The van der Waals surface area contributed by atoms with Crippen molar-refractivity contribution in [3.63, 3.8) is 0 Å². The minimum atomic E-state index is -0.878. The number of aryl methyl sites for hydroxylation is 1. The predicted molar refractivity (Wildman–Crippen MR) is 72.3 cm³/mol. The molecule has 0 spiro atoms. The Balaban J connectivity index is 1.93. The minimum absolute atomic E-state index is 0.351. The van der Waals surface area contributed by atoms with Crippen molar-refractivity contribution < 1.29 is 9.90 Å². The van der Waals surface area contributed by atoms with Crippen molar-refractivity contribution >= 4 is 11.7 Å². The van der Waals surface area contributed by atoms with Crippen molar-refractivity contribution in [2.75, 3.05) is 25.5 Å². The molecule has 0 saturated heterocycles. The smallest absolute Gasteiger partial charge is 0.337 e. The van der Waals surface area contributed by atoms with Crippen molar-refractivity contribution in [1.82, 2.24) is 4.90 Å². The Morgan fingerprint density at radius 3 is 2.83 bits per heavy atom. The molecule has 0 bridgehead atoms. The van der Waals surface area contributed by atoms with Crippen molar-refractivity contribution in [3.8, 4) is 0 Å². The number of likely N-dealkylation sites (N-methyl/N-ethyl adjacent to an activating group) is 1. The molecule has 1 aromatic carbocycles. The number of nitrogens with one attached hydrogen (secondary N) is 1. The summed E-state index contributed by atoms with van der Waals surface area (Å²) in [6, 6.07) is 6.22. The van der Waals surface area contributed by atoms with E-state index in [2.05, 4.69) is 17.3 Å². The molecule has 1 aliphatic rings. The minimum Gasteiger partial charge on any atom is -0.478 e. The Kier molecular flexibility index (Phi) is 3.87. The highest BCUT2D eigenvalue weighted by atomic mass is 16.4. The molecule has 0 atom stereocenters. The van der Waals surface area contributed by atoms with Gasteiger partial charge < -0.3 is 15.3 Å². The fourth-order valence-electron chi connectivity index (χ4n) is 2.05. The summed E-state index contributed by atoms with van der Waals surface area (Å²) in [5.41, 5.74) is 2.02. The topological polar surface area (TPSA) is 52.6 Å². The van der Waals surface area contributed by atoms with E-state index in [0.29, 0.717) is 11.3 Å². The Morgan fingerprint density at radius 2 is 2.22 bits per heavy atom. The van der Waals surface area contributed by atoms with Crippen LogP contribution in [0.5, 0.6) is 0 Å². The van der Waals surface area contributed by atoms with Crippen LogP contribution in [0.25, 0.3) is 0 Å². The lowest BCUT2D eigenvalue weighted by Gasteiger charge is -2.17. The lowest BCUT2D eigenvalue weighted by Crippen LogP contribution is -2.27. The van der Waals surface area contributed by atoms with Gasteiger partial charge in [0.25, 0.3) is 0 Å². The SMILES string of the molecule is Cc1ccc(NCCN(C)C2CC2)c(C(=O)O)c1. The Labute approximate surface area is 108 Å². The maximum atomic E-state index is 11.1. The van der Waals surface area contributed by atoms with E-state index in [9.17, 15) is 4.79 Å². The van der Waals surface area contributed by atoms with Gasteiger partial charge in [0.15, 0.2) is 0 Å². The second kappa shape index (κ2) is 5.40. The fourth-order valence-corrected chi connectivity index (χ4v) is 2.05. The highest BCUT2D eigenvalue weighted by molar-refractivity contribution is 5.94. The lowest BCUT2D eigenvalue weighted by atomic mass is 10.1. The number of carboxylic acids is 1. The zero-order chi connectivity index (χ0) is 13.1. The molecule has 2 rings (SSSR count). The zero-order valence-electron chi connectivity index (χ0n) is 10.9. The van der Waals surface area contributed by atoms with Crippen molar-refractivity contribution in [3.05, 3.63) is 29.3 Å². The molecule has 4 heteroatoms. The van der Waals surface area contributed by atoms with Crippen LogP contribution in [0.1, 0.15) is 28.8 Å². The third-order valence-electron chi connectivity index (χ3n) is 3.36. The zero-order valence-corrected chi connectivity index (χ0v) is 10.9. The Hall–Kier alpha value is -1.55. The molecule has 4 nitrogen and oxygen atoms in total. The first-order chi connectivity index (χ1) is 8.58. The lowest BCUT2D eigenvalue weighted by molar-refractivity contribution is 0.0698. The summed E-state index contributed by atoms with van der Waals surface area (Å²) in [6.07, 6.45) is 2.59. The molecule has 2 N–H and O–H groups in total. The maximum absolute atomic E-state index is 11.1. The van der Waals surface area contributed by atoms with Gasteiger partial charge in [-0.15, -0.1) is 0 Å². The summed E-state index contributed by atoms with van der Waals surface area (Å²) in [5, 5.41) is 12.4. The van der Waals surface area contributed by atoms with Crippen LogP contribution >= 0.6 is 0 Å². The Morgan fingerprint density at radius 1 is 1.50 bits per heavy atom. The van der Waals surface area contributed by atoms with Gasteiger partial charge in [0.2, 0.25) is 0 Å². The molecular weight excluding hydrogens is 228 g/mol. The number of rotatable bonds is 6. The summed E-state index contributed by atoms with van der Waals surface area (Å²) >= 11 is 0. The van der Waals surface area contributed by atoms with Gasteiger partial charge in [0.05, 0.1) is 5.56 Å². The second-order valence-corrected chi connectivity index (χ2v) is 4.99. The van der Waals surface area contributed by atoms with Crippen LogP contribution < -0.4 is 5.32 Å². The van der Waals surface area contributed by atoms with Crippen LogP contribution in [0.4, 0.5) is 5.69 Å². The number of benzene rings is 1. The van der Waals surface area contributed by atoms with Crippen molar-refractivity contribution in [2.45, 2.75) is 25.8 Å². The van der Waals surface area contributed by atoms with Crippen molar-refractivity contribution in [2.24, 2.45) is 0 Å². The van der Waals surface area contributed by atoms with E-state index in [1.807, 2.05) is 19.1 Å². The van der Waals surface area contributed by atoms with Crippen LogP contribution in [0.2, 0.25) is 0 Å². The van der Waals surface area contributed by atoms with Gasteiger partial charge in [-0.05, 0) is 38.9 Å². The molecule has 0 amide bonds. The van der Waals surface area contributed by atoms with Crippen LogP contribution in [0.3, 0.4) is 0 Å². The summed E-state index contributed by atoms with van der Waals surface area (Å²) in [7, 11) is 2.12. The van der Waals surface area contributed by atoms with Crippen molar-refractivity contribution in [1.29, 1.82) is 0 Å². The highest BCUT2D eigenvalue weighted by Gasteiger charge is 2.25. The average Bonchev–Trinajstić information content (AvgIpc) is 3.14. The first kappa shape index (κ1) is 12.9. The second-order valence-electron chi connectivity index (χ2n) is 4.99. The maximum Gasteiger partial charge on any atom is 0.337 e. The molecule has 1 aliphatic carbocycles. The van der Waals surface area contributed by atoms with E-state index >= 15 is 0 Å². The van der Waals surface area contributed by atoms with Gasteiger partial charge in [0, 0.05) is 24.8 Å². The number of aromatic carboxylic acids is 1. The summed E-state index contributed by atoms with van der Waals surface area (Å²) < 4.78 is 0. The third kappa shape index (κ3) is 3.23. The van der Waals surface area contributed by atoms with Gasteiger partial charge in [-0.2, -0.15) is 0 Å². The van der Waals surface area contributed by atoms with Gasteiger partial charge in [-0.25, -0.2) is 4.79 Å². The molecule has 0 heterocycles. The molecule has 0 aromatic heterocycles. The van der Waals surface area contributed by atoms with Gasteiger partial charge in [0.1, 0.15) is 0 Å². The van der Waals surface area contributed by atoms with Crippen LogP contribution in [-0.2, 0) is 0 Å². The first-order valence-corrected chi connectivity index (χ1v) is 6.36. The summed E-state index contributed by atoms with van der Waals surface area (Å²) in [6.45, 7) is 3.62. The molecule has 1 saturated carbocycles. The van der Waals surface area contributed by atoms with E-state index in [1.54, 1.807) is 6.07 Å². The molecule has 0 aliphatic heterocycles. The quantitative estimate of drug-likeness (QED) is 0.810. The first-order valence-electron chi connectivity index (χ1n) is 6.36. The molecule has 0 unspecified atom stereocenters. The number of anilines is 1. The number of carbonyl (C=O) groups is 1. The van der Waals surface area contributed by atoms with E-state index < -0.39 is 5.97 Å². The summed E-state index contributed by atoms with van der Waals surface area (Å²) in [4.78, 5) is 13.5. The molecule has 98 valence electrons. The van der Waals surface area contributed by atoms with Crippen LogP contribution in [-0.4, -0.2) is 42.2 Å². The largest absolute Gasteiger partial charge is 0.478 e. The number of carboxylic acid groups (broad SMARTS) is 1. The van der Waals surface area contributed by atoms with E-state index in [0.717, 1.165) is 24.7 Å². The fraction of sp³-hybridized carbons (Fsp3) is 0.500. The molecular formula is C14H20N2O2. The van der Waals surface area contributed by atoms with Crippen LogP contribution in [0, 0.1) is 6.92 Å². The van der Waals surface area contributed by atoms with Gasteiger partial charge in [-0.1, -0.05) is 11.6 Å². The van der Waals surface area contributed by atoms with E-state index in [1.165, 1.54) is 12.8 Å².